The molecule has 2 rings (SSSR count). The van der Waals surface area contributed by atoms with Crippen LogP contribution in [0.2, 0.25) is 0 Å². The number of pyridine rings is 1. The molecule has 1 unspecified atom stereocenters. The fraction of sp³-hybridized carbons (Fsp3) is 0.308. The van der Waals surface area contributed by atoms with Crippen molar-refractivity contribution in [2.75, 3.05) is 0 Å². The Bertz CT molecular complexity index is 519. The Morgan fingerprint density at radius 3 is 2.56 bits per heavy atom. The minimum Gasteiger partial charge on any atom is -0.271 e. The Morgan fingerprint density at radius 2 is 2.06 bits per heavy atom. The number of aromatic nitrogens is 1. The maximum atomic E-state index is 5.69. The number of aryl methyl sites for hydroxylation is 2. The van der Waals surface area contributed by atoms with Gasteiger partial charge in [-0.25, -0.2) is 0 Å². The van der Waals surface area contributed by atoms with Crippen LogP contribution in [0, 0.1) is 13.8 Å². The number of hydrogen-bond acceptors (Lipinski definition) is 4. The van der Waals surface area contributed by atoms with Crippen molar-refractivity contribution >= 4 is 27.3 Å². The van der Waals surface area contributed by atoms with Gasteiger partial charge in [-0.3, -0.25) is 16.3 Å². The van der Waals surface area contributed by atoms with Gasteiger partial charge in [0.15, 0.2) is 0 Å². The van der Waals surface area contributed by atoms with Gasteiger partial charge in [0.25, 0.3) is 0 Å². The van der Waals surface area contributed by atoms with E-state index in [1.165, 1.54) is 10.4 Å². The Kier molecular flexibility index (Phi) is 4.50. The zero-order valence-corrected chi connectivity index (χ0v) is 12.8. The van der Waals surface area contributed by atoms with Gasteiger partial charge in [-0.15, -0.1) is 11.3 Å². The third-order valence-corrected chi connectivity index (χ3v) is 4.74. The minimum absolute atomic E-state index is 0.111. The molecule has 2 aromatic heterocycles. The molecular weight excluding hydrogens is 310 g/mol. The Morgan fingerprint density at radius 1 is 1.39 bits per heavy atom. The molecule has 0 fully saturated rings. The molecule has 0 amide bonds. The SMILES string of the molecule is Cc1cc(C(Cc2sccc2Br)NN)cc(C)n1. The fourth-order valence-electron chi connectivity index (χ4n) is 2.00. The Labute approximate surface area is 120 Å². The number of hydrazine groups is 1. The van der Waals surface area contributed by atoms with Crippen LogP contribution in [0.25, 0.3) is 0 Å². The summed E-state index contributed by atoms with van der Waals surface area (Å²) in [5.74, 6) is 5.69. The minimum atomic E-state index is 0.111. The van der Waals surface area contributed by atoms with Crippen molar-refractivity contribution in [3.63, 3.8) is 0 Å². The highest BCUT2D eigenvalue weighted by Crippen LogP contribution is 2.28. The van der Waals surface area contributed by atoms with E-state index in [4.69, 9.17) is 5.84 Å². The molecule has 2 aromatic rings. The zero-order valence-electron chi connectivity index (χ0n) is 10.4. The molecule has 18 heavy (non-hydrogen) atoms. The summed E-state index contributed by atoms with van der Waals surface area (Å²) in [6, 6.07) is 6.34. The third kappa shape index (κ3) is 3.17. The molecule has 0 aromatic carbocycles. The molecule has 0 saturated carbocycles. The lowest BCUT2D eigenvalue weighted by Crippen LogP contribution is -2.29. The molecule has 0 aliphatic carbocycles. The first-order valence-corrected chi connectivity index (χ1v) is 7.40. The third-order valence-electron chi connectivity index (χ3n) is 2.79. The maximum absolute atomic E-state index is 5.69. The molecule has 0 spiro atoms. The quantitative estimate of drug-likeness (QED) is 0.670. The second-order valence-electron chi connectivity index (χ2n) is 4.30. The predicted molar refractivity (Wildman–Crippen MR) is 79.5 cm³/mol. The number of nitrogens with zero attached hydrogens (tertiary/aromatic N) is 1. The maximum Gasteiger partial charge on any atom is 0.0509 e. The van der Waals surface area contributed by atoms with Crippen molar-refractivity contribution in [1.29, 1.82) is 0 Å². The van der Waals surface area contributed by atoms with Crippen LogP contribution < -0.4 is 11.3 Å². The summed E-state index contributed by atoms with van der Waals surface area (Å²) in [6.07, 6.45) is 0.873. The summed E-state index contributed by atoms with van der Waals surface area (Å²) in [7, 11) is 0. The van der Waals surface area contributed by atoms with Crippen LogP contribution in [0.5, 0.6) is 0 Å². The molecular formula is C13H16BrN3S. The van der Waals surface area contributed by atoms with Gasteiger partial charge in [-0.1, -0.05) is 0 Å². The number of hydrogen-bond donors (Lipinski definition) is 2. The van der Waals surface area contributed by atoms with E-state index in [2.05, 4.69) is 49.9 Å². The van der Waals surface area contributed by atoms with Gasteiger partial charge >= 0.3 is 0 Å². The van der Waals surface area contributed by atoms with Gasteiger partial charge in [0, 0.05) is 27.2 Å². The molecule has 3 N–H and O–H groups in total. The highest BCUT2D eigenvalue weighted by atomic mass is 79.9. The van der Waals surface area contributed by atoms with Crippen LogP contribution in [0.4, 0.5) is 0 Å². The highest BCUT2D eigenvalue weighted by molar-refractivity contribution is 9.10. The smallest absolute Gasteiger partial charge is 0.0509 e. The van der Waals surface area contributed by atoms with E-state index in [-0.39, 0.29) is 6.04 Å². The standard InChI is InChI=1S/C13H16BrN3S/c1-8-5-10(6-9(2)16-8)12(17-15)7-13-11(14)3-4-18-13/h3-6,12,17H,7,15H2,1-2H3. The van der Waals surface area contributed by atoms with E-state index < -0.39 is 0 Å². The van der Waals surface area contributed by atoms with Crippen LogP contribution in [0.1, 0.15) is 27.9 Å². The first-order chi connectivity index (χ1) is 8.60. The Hall–Kier alpha value is -0.750. The largest absolute Gasteiger partial charge is 0.271 e. The van der Waals surface area contributed by atoms with Crippen molar-refractivity contribution in [1.82, 2.24) is 10.4 Å². The second-order valence-corrected chi connectivity index (χ2v) is 6.15. The van der Waals surface area contributed by atoms with Crippen LogP contribution in [-0.4, -0.2) is 4.98 Å². The van der Waals surface area contributed by atoms with Crippen molar-refractivity contribution < 1.29 is 0 Å². The van der Waals surface area contributed by atoms with E-state index >= 15 is 0 Å². The van der Waals surface area contributed by atoms with Crippen LogP contribution in [0.3, 0.4) is 0 Å². The molecule has 0 aliphatic rings. The topological polar surface area (TPSA) is 50.9 Å². The first-order valence-electron chi connectivity index (χ1n) is 5.73. The molecule has 3 nitrogen and oxygen atoms in total. The van der Waals surface area contributed by atoms with E-state index in [0.717, 1.165) is 22.3 Å². The van der Waals surface area contributed by atoms with Gasteiger partial charge in [-0.2, -0.15) is 0 Å². The van der Waals surface area contributed by atoms with E-state index in [0.29, 0.717) is 0 Å². The molecule has 1 atom stereocenters. The van der Waals surface area contributed by atoms with Gasteiger partial charge in [0.2, 0.25) is 0 Å². The lowest BCUT2D eigenvalue weighted by molar-refractivity contribution is 0.553. The number of thiophene rings is 1. The van der Waals surface area contributed by atoms with Gasteiger partial charge in [0.1, 0.15) is 0 Å². The Balaban J connectivity index is 2.25. The summed E-state index contributed by atoms with van der Waals surface area (Å²) >= 11 is 5.29. The summed E-state index contributed by atoms with van der Waals surface area (Å²) in [4.78, 5) is 5.69. The van der Waals surface area contributed by atoms with Gasteiger partial charge in [0.05, 0.1) is 6.04 Å². The summed E-state index contributed by atoms with van der Waals surface area (Å²) < 4.78 is 1.15. The average Bonchev–Trinajstić information content (AvgIpc) is 2.70. The van der Waals surface area contributed by atoms with Gasteiger partial charge in [-0.05, 0) is 58.9 Å². The summed E-state index contributed by atoms with van der Waals surface area (Å²) in [6.45, 7) is 4.01. The monoisotopic (exact) mass is 325 g/mol. The predicted octanol–water partition coefficient (Wildman–Crippen LogP) is 3.27. The molecule has 0 saturated heterocycles. The first kappa shape index (κ1) is 13.7. The highest BCUT2D eigenvalue weighted by Gasteiger charge is 2.14. The molecule has 5 heteroatoms. The van der Waals surface area contributed by atoms with Gasteiger partial charge < -0.3 is 0 Å². The fourth-order valence-corrected chi connectivity index (χ4v) is 3.56. The molecule has 0 bridgehead atoms. The van der Waals surface area contributed by atoms with Crippen molar-refractivity contribution in [3.8, 4) is 0 Å². The average molecular weight is 326 g/mol. The van der Waals surface area contributed by atoms with Crippen molar-refractivity contribution in [2.45, 2.75) is 26.3 Å². The van der Waals surface area contributed by atoms with Crippen molar-refractivity contribution in [3.05, 3.63) is 49.9 Å². The van der Waals surface area contributed by atoms with E-state index in [1.807, 2.05) is 13.8 Å². The second kappa shape index (κ2) is 5.93. The van der Waals surface area contributed by atoms with Crippen LogP contribution in [0.15, 0.2) is 28.1 Å². The number of nitrogens with one attached hydrogen (secondary N) is 1. The number of nitrogens with two attached hydrogens (primary N) is 1. The summed E-state index contributed by atoms with van der Waals surface area (Å²) in [5.41, 5.74) is 6.13. The summed E-state index contributed by atoms with van der Waals surface area (Å²) in [5, 5.41) is 2.08. The lowest BCUT2D eigenvalue weighted by atomic mass is 10.0. The van der Waals surface area contributed by atoms with E-state index in [9.17, 15) is 0 Å². The van der Waals surface area contributed by atoms with Crippen LogP contribution in [-0.2, 0) is 6.42 Å². The lowest BCUT2D eigenvalue weighted by Gasteiger charge is -2.17. The van der Waals surface area contributed by atoms with Crippen LogP contribution >= 0.6 is 27.3 Å². The zero-order chi connectivity index (χ0) is 13.1. The molecule has 2 heterocycles. The molecule has 0 radical (unpaired) electrons. The number of halogens is 1. The molecule has 96 valence electrons. The number of rotatable bonds is 4. The normalized spacial score (nSPS) is 12.7. The van der Waals surface area contributed by atoms with Crippen molar-refractivity contribution in [2.24, 2.45) is 5.84 Å². The van der Waals surface area contributed by atoms with E-state index in [1.54, 1.807) is 11.3 Å². The molecule has 0 aliphatic heterocycles.